The fraction of sp³-hybridized carbons (Fsp3) is 0.364. The number of benzene rings is 3. The van der Waals surface area contributed by atoms with E-state index in [4.69, 9.17) is 5.73 Å². The van der Waals surface area contributed by atoms with Crippen LogP contribution in [0.15, 0.2) is 34.1 Å². The Kier molecular flexibility index (Phi) is 5.81. The summed E-state index contributed by atoms with van der Waals surface area (Å²) in [6.45, 7) is 3.96. The molecule has 0 aliphatic rings. The Balaban J connectivity index is 1.91. The summed E-state index contributed by atoms with van der Waals surface area (Å²) in [6.07, 6.45) is 0. The molecule has 0 bridgehead atoms. The van der Waals surface area contributed by atoms with E-state index in [2.05, 4.69) is 20.3 Å². The van der Waals surface area contributed by atoms with Crippen LogP contribution < -0.4 is 21.8 Å². The summed E-state index contributed by atoms with van der Waals surface area (Å²) < 4.78 is 1.85. The van der Waals surface area contributed by atoms with E-state index in [1.165, 1.54) is 12.1 Å². The van der Waals surface area contributed by atoms with Gasteiger partial charge in [-0.15, -0.1) is 0 Å². The van der Waals surface area contributed by atoms with Gasteiger partial charge in [0.1, 0.15) is 11.5 Å². The van der Waals surface area contributed by atoms with E-state index >= 15 is 0 Å². The van der Waals surface area contributed by atoms with E-state index in [1.807, 2.05) is 30.9 Å². The van der Waals surface area contributed by atoms with Gasteiger partial charge in [-0.2, -0.15) is 0 Å². The quantitative estimate of drug-likeness (QED) is 0.207. The molecule has 1 heterocycles. The molecule has 0 aliphatic carbocycles. The van der Waals surface area contributed by atoms with E-state index in [1.54, 1.807) is 0 Å². The zero-order valence-electron chi connectivity index (χ0n) is 17.8. The predicted molar refractivity (Wildman–Crippen MR) is 123 cm³/mol. The van der Waals surface area contributed by atoms with Gasteiger partial charge in [-0.25, -0.2) is 0 Å². The van der Waals surface area contributed by atoms with Crippen molar-refractivity contribution in [3.63, 3.8) is 0 Å². The molecule has 0 unspecified atom stereocenters. The fourth-order valence-electron chi connectivity index (χ4n) is 4.04. The number of hydrogen-bond acceptors (Lipinski definition) is 7. The molecular weight excluding hydrogens is 396 g/mol. The van der Waals surface area contributed by atoms with Crippen LogP contribution in [-0.2, 0) is 6.54 Å². The standard InChI is InChI=1S/C22H28N6O3/c1-27(2)12-10-24-8-9-25-13-3-4-14-18-17(13)22(31)20-16(30)6-5-15(29)19(20)21(18)26-28(14)11-7-23/h3-6,24,26,30-31H,7-12,23H2,1-2H3. The van der Waals surface area contributed by atoms with Gasteiger partial charge < -0.3 is 26.2 Å². The summed E-state index contributed by atoms with van der Waals surface area (Å²) in [5.41, 5.74) is 6.86. The number of nitrogens with zero attached hydrogens (tertiary/aromatic N) is 3. The molecule has 3 aromatic carbocycles. The molecule has 0 radical (unpaired) electrons. The number of nitrogens with two attached hydrogens (primary N) is 1. The first kappa shape index (κ1) is 21.1. The summed E-state index contributed by atoms with van der Waals surface area (Å²) in [6, 6.07) is 6.38. The van der Waals surface area contributed by atoms with Gasteiger partial charge in [0.15, 0.2) is 5.43 Å². The summed E-state index contributed by atoms with van der Waals surface area (Å²) in [7, 11) is 4.05. The highest BCUT2D eigenvalue weighted by atomic mass is 16.3. The number of aromatic hydroxyl groups is 2. The number of likely N-dealkylation sites (N-methyl/N-ethyl adjacent to an activating group) is 1. The maximum atomic E-state index is 12.7. The summed E-state index contributed by atoms with van der Waals surface area (Å²) in [5, 5.41) is 30.4. The van der Waals surface area contributed by atoms with E-state index in [9.17, 15) is 15.0 Å². The molecule has 9 heteroatoms. The lowest BCUT2D eigenvalue weighted by Gasteiger charge is -2.10. The van der Waals surface area contributed by atoms with Crippen LogP contribution in [-0.4, -0.2) is 71.7 Å². The molecule has 4 aromatic rings. The minimum atomic E-state index is -0.277. The topological polar surface area (TPSA) is 132 Å². The number of fused-ring (bicyclic) bond motifs is 2. The van der Waals surface area contributed by atoms with Crippen molar-refractivity contribution in [3.05, 3.63) is 39.8 Å². The number of aromatic nitrogens is 2. The van der Waals surface area contributed by atoms with Gasteiger partial charge in [0.2, 0.25) is 0 Å². The molecule has 1 aromatic heterocycles. The maximum absolute atomic E-state index is 12.7. The second-order valence-electron chi connectivity index (χ2n) is 7.90. The van der Waals surface area contributed by atoms with Gasteiger partial charge in [0, 0.05) is 31.6 Å². The van der Waals surface area contributed by atoms with Crippen molar-refractivity contribution in [2.24, 2.45) is 10.7 Å². The van der Waals surface area contributed by atoms with Crippen LogP contribution in [0.3, 0.4) is 0 Å². The van der Waals surface area contributed by atoms with Crippen molar-refractivity contribution in [1.82, 2.24) is 20.0 Å². The third-order valence-electron chi connectivity index (χ3n) is 5.48. The Morgan fingerprint density at radius 2 is 1.90 bits per heavy atom. The second-order valence-corrected chi connectivity index (χ2v) is 7.90. The average Bonchev–Trinajstić information content (AvgIpc) is 3.09. The third kappa shape index (κ3) is 3.71. The zero-order chi connectivity index (χ0) is 22.1. The normalized spacial score (nSPS) is 12.8. The van der Waals surface area contributed by atoms with Crippen molar-refractivity contribution in [2.75, 3.05) is 46.8 Å². The van der Waals surface area contributed by atoms with Crippen LogP contribution >= 0.6 is 0 Å². The molecule has 4 rings (SSSR count). The number of aromatic amines is 1. The van der Waals surface area contributed by atoms with Crippen molar-refractivity contribution in [2.45, 2.75) is 6.54 Å². The van der Waals surface area contributed by atoms with Crippen molar-refractivity contribution >= 4 is 32.6 Å². The van der Waals surface area contributed by atoms with Gasteiger partial charge in [-0.05, 0) is 38.4 Å². The van der Waals surface area contributed by atoms with Crippen LogP contribution in [0.2, 0.25) is 0 Å². The van der Waals surface area contributed by atoms with Crippen molar-refractivity contribution < 1.29 is 10.2 Å². The van der Waals surface area contributed by atoms with E-state index in [-0.39, 0.29) is 27.7 Å². The molecule has 9 nitrogen and oxygen atoms in total. The number of phenols is 2. The minimum absolute atomic E-state index is 0.134. The molecule has 0 fully saturated rings. The number of hydrogen-bond donors (Lipinski definition) is 5. The zero-order valence-corrected chi connectivity index (χ0v) is 17.8. The molecular formula is C22H28N6O3. The smallest absolute Gasteiger partial charge is 0.189 e. The van der Waals surface area contributed by atoms with Gasteiger partial charge in [-0.1, -0.05) is 0 Å². The molecule has 0 aliphatic heterocycles. The average molecular weight is 425 g/mol. The lowest BCUT2D eigenvalue weighted by molar-refractivity contribution is 0.401. The Hall–Kier alpha value is -3.14. The highest BCUT2D eigenvalue weighted by molar-refractivity contribution is 6.23. The number of phenolic OH excluding ortho intramolecular Hbond substituents is 2. The third-order valence-corrected chi connectivity index (χ3v) is 5.48. The Morgan fingerprint density at radius 1 is 1.10 bits per heavy atom. The first-order valence-electron chi connectivity index (χ1n) is 10.4. The first-order valence-corrected chi connectivity index (χ1v) is 10.4. The number of H-pyrrole nitrogens is 1. The van der Waals surface area contributed by atoms with E-state index in [0.29, 0.717) is 47.8 Å². The lowest BCUT2D eigenvalue weighted by atomic mass is 9.99. The Labute approximate surface area is 178 Å². The summed E-state index contributed by atoms with van der Waals surface area (Å²) in [4.78, 5) is 19.4. The van der Waals surface area contributed by atoms with Gasteiger partial charge in [0.05, 0.1) is 45.6 Å². The van der Waals surface area contributed by atoms with Gasteiger partial charge in [-0.3, -0.25) is 19.6 Å². The minimum Gasteiger partial charge on any atom is -0.507 e. The van der Waals surface area contributed by atoms with Crippen LogP contribution in [0.4, 0.5) is 0 Å². The maximum Gasteiger partial charge on any atom is 0.189 e. The first-order chi connectivity index (χ1) is 14.9. The SMILES string of the molecule is CN(C)CCNCCN=c1ccc2c3c1c(O)c1c(O)ccc(=O)c1c3[nH]n2CCN. The molecule has 31 heavy (non-hydrogen) atoms. The molecule has 6 N–H and O–H groups in total. The molecule has 0 atom stereocenters. The highest BCUT2D eigenvalue weighted by Gasteiger charge is 2.21. The lowest BCUT2D eigenvalue weighted by Crippen LogP contribution is -2.28. The van der Waals surface area contributed by atoms with Crippen LogP contribution in [0.5, 0.6) is 11.5 Å². The molecule has 164 valence electrons. The van der Waals surface area contributed by atoms with Crippen LogP contribution in [0.25, 0.3) is 32.6 Å². The summed E-state index contributed by atoms with van der Waals surface area (Å²) in [5.74, 6) is -0.285. The fourth-order valence-corrected chi connectivity index (χ4v) is 4.04. The summed E-state index contributed by atoms with van der Waals surface area (Å²) >= 11 is 0. The van der Waals surface area contributed by atoms with E-state index in [0.717, 1.165) is 18.6 Å². The molecule has 0 amide bonds. The van der Waals surface area contributed by atoms with Gasteiger partial charge >= 0.3 is 0 Å². The van der Waals surface area contributed by atoms with E-state index < -0.39 is 0 Å². The Morgan fingerprint density at radius 3 is 2.65 bits per heavy atom. The van der Waals surface area contributed by atoms with Gasteiger partial charge in [0.25, 0.3) is 0 Å². The monoisotopic (exact) mass is 424 g/mol. The van der Waals surface area contributed by atoms with Crippen molar-refractivity contribution in [3.8, 4) is 11.5 Å². The molecule has 0 spiro atoms. The highest BCUT2D eigenvalue weighted by Crippen LogP contribution is 2.41. The Bertz CT molecular complexity index is 1360. The van der Waals surface area contributed by atoms with Crippen molar-refractivity contribution in [1.29, 1.82) is 0 Å². The number of nitrogens with one attached hydrogen (secondary N) is 2. The predicted octanol–water partition coefficient (Wildman–Crippen LogP) is 0.496. The van der Waals surface area contributed by atoms with Crippen LogP contribution in [0, 0.1) is 0 Å². The molecule has 0 saturated carbocycles. The molecule has 0 saturated heterocycles. The largest absolute Gasteiger partial charge is 0.507 e. The van der Waals surface area contributed by atoms with Crippen LogP contribution in [0.1, 0.15) is 0 Å². The number of rotatable bonds is 8. The second kappa shape index (κ2) is 8.54.